The molecule has 4 rings (SSSR count). The minimum atomic E-state index is -4.97. The van der Waals surface area contributed by atoms with Gasteiger partial charge in [-0.1, -0.05) is 18.2 Å². The lowest BCUT2D eigenvalue weighted by atomic mass is 9.89. The van der Waals surface area contributed by atoms with Crippen molar-refractivity contribution in [1.29, 1.82) is 0 Å². The van der Waals surface area contributed by atoms with Crippen molar-refractivity contribution in [2.45, 2.75) is 31.1 Å². The monoisotopic (exact) mass is 521 g/mol. The van der Waals surface area contributed by atoms with Crippen molar-refractivity contribution in [3.63, 3.8) is 0 Å². The maximum Gasteiger partial charge on any atom is 0.573 e. The van der Waals surface area contributed by atoms with Crippen LogP contribution < -0.4 is 9.64 Å². The lowest BCUT2D eigenvalue weighted by molar-refractivity contribution is -0.303. The number of aliphatic hydroxyl groups is 1. The number of hydrogen-bond donors (Lipinski definition) is 1. The minimum absolute atomic E-state index is 0.0234. The fourth-order valence-electron chi connectivity index (χ4n) is 4.30. The van der Waals surface area contributed by atoms with Gasteiger partial charge in [-0.2, -0.15) is 13.2 Å². The molecule has 2 aromatic rings. The Hall–Kier alpha value is -3.28. The predicted octanol–water partition coefficient (Wildman–Crippen LogP) is 6.12. The number of rotatable bonds is 5. The van der Waals surface area contributed by atoms with Crippen molar-refractivity contribution < 1.29 is 49.7 Å². The molecule has 0 spiro atoms. The number of ether oxygens (including phenoxy) is 2. The zero-order valence-corrected chi connectivity index (χ0v) is 18.3. The number of nitrogens with zero attached hydrogens (tertiary/aromatic N) is 1. The van der Waals surface area contributed by atoms with Crippen LogP contribution in [0.25, 0.3) is 11.1 Å². The first-order valence-corrected chi connectivity index (χ1v) is 10.7. The van der Waals surface area contributed by atoms with Crippen LogP contribution in [0.1, 0.15) is 6.42 Å². The Bertz CT molecular complexity index is 1150. The van der Waals surface area contributed by atoms with Gasteiger partial charge < -0.3 is 19.5 Å². The van der Waals surface area contributed by atoms with Crippen LogP contribution in [0, 0.1) is 17.6 Å². The summed E-state index contributed by atoms with van der Waals surface area (Å²) in [7, 11) is 0. The first kappa shape index (κ1) is 25.8. The van der Waals surface area contributed by atoms with E-state index in [1.807, 2.05) is 0 Å². The number of halogens is 8. The topological polar surface area (TPSA) is 41.9 Å². The summed E-state index contributed by atoms with van der Waals surface area (Å²) in [6.07, 6.45) is -8.91. The van der Waals surface area contributed by atoms with E-state index in [1.54, 1.807) is 0 Å². The van der Waals surface area contributed by atoms with Crippen LogP contribution >= 0.6 is 0 Å². The predicted molar refractivity (Wildman–Crippen MR) is 113 cm³/mol. The van der Waals surface area contributed by atoms with Gasteiger partial charge in [0.1, 0.15) is 24.0 Å². The highest BCUT2D eigenvalue weighted by Crippen LogP contribution is 2.45. The summed E-state index contributed by atoms with van der Waals surface area (Å²) in [4.78, 5) is 1.20. The molecule has 4 nitrogen and oxygen atoms in total. The molecule has 0 radical (unpaired) electrons. The van der Waals surface area contributed by atoms with Crippen molar-refractivity contribution in [3.8, 4) is 16.9 Å². The number of benzene rings is 2. The van der Waals surface area contributed by atoms with Crippen molar-refractivity contribution in [1.82, 2.24) is 0 Å². The van der Waals surface area contributed by atoms with Crippen LogP contribution in [-0.4, -0.2) is 42.9 Å². The zero-order valence-electron chi connectivity index (χ0n) is 18.3. The third-order valence-corrected chi connectivity index (χ3v) is 5.82. The van der Waals surface area contributed by atoms with Crippen molar-refractivity contribution in [2.75, 3.05) is 18.1 Å². The Morgan fingerprint density at radius 2 is 1.75 bits per heavy atom. The number of fused-ring (bicyclic) bond motifs is 1. The van der Waals surface area contributed by atoms with E-state index in [0.29, 0.717) is 6.07 Å². The molecule has 1 heterocycles. The number of allylic oxidation sites excluding steroid dienone is 2. The summed E-state index contributed by atoms with van der Waals surface area (Å²) in [5.41, 5.74) is 0.342. The van der Waals surface area contributed by atoms with Gasteiger partial charge in [0.05, 0.1) is 18.3 Å². The molecule has 194 valence electrons. The molecule has 0 aromatic heterocycles. The van der Waals surface area contributed by atoms with Crippen LogP contribution in [-0.2, 0) is 4.74 Å². The highest BCUT2D eigenvalue weighted by molar-refractivity contribution is 5.80. The molecule has 3 atom stereocenters. The molecule has 2 aliphatic rings. The summed E-state index contributed by atoms with van der Waals surface area (Å²) in [5.74, 6) is -3.02. The van der Waals surface area contributed by atoms with E-state index in [1.165, 1.54) is 29.2 Å². The van der Waals surface area contributed by atoms with Gasteiger partial charge in [-0.25, -0.2) is 8.78 Å². The minimum Gasteiger partial charge on any atom is -0.489 e. The molecule has 0 amide bonds. The molecule has 0 saturated carbocycles. The molecular weight excluding hydrogens is 502 g/mol. The zero-order chi connectivity index (χ0) is 26.3. The molecule has 1 aliphatic heterocycles. The fourth-order valence-corrected chi connectivity index (χ4v) is 4.30. The van der Waals surface area contributed by atoms with Gasteiger partial charge in [-0.3, -0.25) is 0 Å². The molecule has 0 bridgehead atoms. The van der Waals surface area contributed by atoms with E-state index in [0.717, 1.165) is 24.3 Å². The fraction of sp³-hybridized carbons (Fsp3) is 0.333. The standard InChI is InChI=1S/C24H19F8NO3/c25-15-7-14(8-16(26)10-15)18-5-2-6-19-22(18)35-12-20(33(19)11-21(34)23(27,28)29)13-3-1-4-17(9-13)36-24(30,31)32/h1-2,4-10,13,20-21,34H,3,11-12H2/t13?,20-,21+/m1/s1. The van der Waals surface area contributed by atoms with Gasteiger partial charge >= 0.3 is 12.5 Å². The quantitative estimate of drug-likeness (QED) is 0.482. The second kappa shape index (κ2) is 9.64. The molecule has 1 N–H and O–H groups in total. The van der Waals surface area contributed by atoms with E-state index in [4.69, 9.17) is 4.74 Å². The summed E-state index contributed by atoms with van der Waals surface area (Å²) >= 11 is 0. The number of anilines is 1. The summed E-state index contributed by atoms with van der Waals surface area (Å²) in [6.45, 7) is -1.23. The first-order chi connectivity index (χ1) is 16.8. The van der Waals surface area contributed by atoms with Crippen molar-refractivity contribution in [3.05, 3.63) is 72.0 Å². The van der Waals surface area contributed by atoms with Gasteiger partial charge in [0.15, 0.2) is 11.9 Å². The number of alkyl halides is 6. The van der Waals surface area contributed by atoms with Crippen molar-refractivity contribution in [2.24, 2.45) is 5.92 Å². The highest BCUT2D eigenvalue weighted by atomic mass is 19.4. The average molecular weight is 521 g/mol. The van der Waals surface area contributed by atoms with Crippen LogP contribution in [0.3, 0.4) is 0 Å². The molecule has 36 heavy (non-hydrogen) atoms. The van der Waals surface area contributed by atoms with E-state index in [2.05, 4.69) is 4.74 Å². The normalized spacial score (nSPS) is 20.9. The molecule has 12 heteroatoms. The maximum atomic E-state index is 13.8. The van der Waals surface area contributed by atoms with E-state index >= 15 is 0 Å². The van der Waals surface area contributed by atoms with E-state index in [9.17, 15) is 40.2 Å². The Labute approximate surface area is 200 Å². The lowest BCUT2D eigenvalue weighted by Crippen LogP contribution is -2.52. The molecular formula is C24H19F8NO3. The van der Waals surface area contributed by atoms with Crippen LogP contribution in [0.2, 0.25) is 0 Å². The van der Waals surface area contributed by atoms with E-state index < -0.39 is 54.5 Å². The SMILES string of the molecule is O[C@@H](CN1c2cccc(-c3cc(F)cc(F)c3)c2OC[C@@H]1C1C=C(OC(F)(F)F)C=CC1)C(F)(F)F. The van der Waals surface area contributed by atoms with Gasteiger partial charge in [0.25, 0.3) is 0 Å². The highest BCUT2D eigenvalue weighted by Gasteiger charge is 2.43. The Balaban J connectivity index is 1.75. The van der Waals surface area contributed by atoms with Gasteiger partial charge in [0, 0.05) is 17.5 Å². The average Bonchev–Trinajstić information content (AvgIpc) is 2.76. The molecule has 2 aromatic carbocycles. The largest absolute Gasteiger partial charge is 0.573 e. The van der Waals surface area contributed by atoms with Crippen LogP contribution in [0.15, 0.2) is 60.4 Å². The Kier molecular flexibility index (Phi) is 6.91. The van der Waals surface area contributed by atoms with Gasteiger partial charge in [0.2, 0.25) is 0 Å². The second-order valence-electron chi connectivity index (χ2n) is 8.32. The summed E-state index contributed by atoms with van der Waals surface area (Å²) in [5, 5.41) is 9.83. The lowest BCUT2D eigenvalue weighted by Gasteiger charge is -2.43. The first-order valence-electron chi connectivity index (χ1n) is 10.7. The Morgan fingerprint density at radius 1 is 1.06 bits per heavy atom. The number of para-hydroxylation sites is 1. The van der Waals surface area contributed by atoms with E-state index in [-0.39, 0.29) is 35.6 Å². The molecule has 0 fully saturated rings. The maximum absolute atomic E-state index is 13.8. The smallest absolute Gasteiger partial charge is 0.489 e. The number of aliphatic hydroxyl groups excluding tert-OH is 1. The summed E-state index contributed by atoms with van der Waals surface area (Å²) in [6, 6.07) is 6.08. The Morgan fingerprint density at radius 3 is 2.39 bits per heavy atom. The third kappa shape index (κ3) is 5.75. The second-order valence-corrected chi connectivity index (χ2v) is 8.32. The van der Waals surface area contributed by atoms with Crippen LogP contribution in [0.5, 0.6) is 5.75 Å². The van der Waals surface area contributed by atoms with Gasteiger partial charge in [-0.15, -0.1) is 13.2 Å². The van der Waals surface area contributed by atoms with Gasteiger partial charge in [-0.05, 0) is 42.3 Å². The molecule has 1 unspecified atom stereocenters. The molecule has 0 saturated heterocycles. The summed E-state index contributed by atoms with van der Waals surface area (Å²) < 4.78 is 115. The number of β-amino-alcohol motifs (C(OH)–C–C–N with tert-alkyl or cyclic N) is 1. The molecule has 1 aliphatic carbocycles. The van der Waals surface area contributed by atoms with Crippen LogP contribution in [0.4, 0.5) is 40.8 Å². The van der Waals surface area contributed by atoms with Crippen molar-refractivity contribution >= 4 is 5.69 Å². The number of hydrogen-bond acceptors (Lipinski definition) is 4. The third-order valence-electron chi connectivity index (χ3n) is 5.82.